The van der Waals surface area contributed by atoms with Crippen molar-refractivity contribution >= 4 is 12.4 Å². The highest BCUT2D eigenvalue weighted by molar-refractivity contribution is 6.16. The fourth-order valence-electron chi connectivity index (χ4n) is 0.324. The summed E-state index contributed by atoms with van der Waals surface area (Å²) < 4.78 is 0. The minimum absolute atomic E-state index is 0.0290. The van der Waals surface area contributed by atoms with Crippen molar-refractivity contribution in [2.75, 3.05) is 7.05 Å². The zero-order chi connectivity index (χ0) is 7.33. The van der Waals surface area contributed by atoms with Crippen LogP contribution in [-0.4, -0.2) is 25.0 Å². The van der Waals surface area contributed by atoms with Gasteiger partial charge in [-0.3, -0.25) is 9.98 Å². The molecule has 0 heterocycles. The maximum absolute atomic E-state index is 4.17. The molecule has 0 aromatic carbocycles. The molecule has 0 atom stereocenters. The molecule has 0 aliphatic rings. The molecule has 2 nitrogen and oxygen atoms in total. The Balaban J connectivity index is 3.71. The third-order valence-corrected chi connectivity index (χ3v) is 0.678. The van der Waals surface area contributed by atoms with Gasteiger partial charge in [-0.15, -0.1) is 0 Å². The molecule has 0 saturated heterocycles. The minimum Gasteiger partial charge on any atom is -0.295 e. The van der Waals surface area contributed by atoms with Gasteiger partial charge in [0.25, 0.3) is 0 Å². The van der Waals surface area contributed by atoms with Gasteiger partial charge in [-0.25, -0.2) is 0 Å². The zero-order valence-corrected chi connectivity index (χ0v) is 6.55. The Morgan fingerprint density at radius 3 is 2.00 bits per heavy atom. The fraction of sp³-hybridized carbons (Fsp3) is 0.714. The molecule has 0 aliphatic carbocycles. The van der Waals surface area contributed by atoms with E-state index >= 15 is 0 Å². The van der Waals surface area contributed by atoms with Crippen molar-refractivity contribution in [3.8, 4) is 0 Å². The Labute approximate surface area is 56.7 Å². The van der Waals surface area contributed by atoms with Gasteiger partial charge in [0, 0.05) is 19.5 Å². The highest BCUT2D eigenvalue weighted by Gasteiger charge is 2.02. The first kappa shape index (κ1) is 8.34. The van der Waals surface area contributed by atoms with Crippen molar-refractivity contribution < 1.29 is 0 Å². The second-order valence-electron chi connectivity index (χ2n) is 2.86. The minimum atomic E-state index is 0.0290. The highest BCUT2D eigenvalue weighted by atomic mass is 14.8. The molecule has 0 fully saturated rings. The largest absolute Gasteiger partial charge is 0.295 e. The molecule has 2 heteroatoms. The van der Waals surface area contributed by atoms with Gasteiger partial charge in [0.1, 0.15) is 0 Å². The van der Waals surface area contributed by atoms with Gasteiger partial charge in [-0.05, 0) is 20.8 Å². The van der Waals surface area contributed by atoms with Crippen molar-refractivity contribution in [2.24, 2.45) is 9.98 Å². The summed E-state index contributed by atoms with van der Waals surface area (Å²) >= 11 is 0. The first-order valence-corrected chi connectivity index (χ1v) is 3.02. The molecule has 0 saturated carbocycles. The molecule has 0 amide bonds. The number of hydrogen-bond acceptors (Lipinski definition) is 2. The van der Waals surface area contributed by atoms with Crippen LogP contribution in [0.15, 0.2) is 9.98 Å². The van der Waals surface area contributed by atoms with Gasteiger partial charge >= 0.3 is 0 Å². The van der Waals surface area contributed by atoms with Crippen LogP contribution in [0.5, 0.6) is 0 Å². The number of aliphatic imine (C=N–C) groups is 2. The molecule has 0 aromatic heterocycles. The van der Waals surface area contributed by atoms with Crippen LogP contribution in [0.3, 0.4) is 0 Å². The predicted molar refractivity (Wildman–Crippen MR) is 42.7 cm³/mol. The second-order valence-corrected chi connectivity index (χ2v) is 2.86. The van der Waals surface area contributed by atoms with Crippen LogP contribution in [0.25, 0.3) is 0 Å². The van der Waals surface area contributed by atoms with E-state index in [1.54, 1.807) is 19.5 Å². The number of nitrogens with zero attached hydrogens (tertiary/aromatic N) is 2. The van der Waals surface area contributed by atoms with E-state index in [1.807, 2.05) is 20.8 Å². The van der Waals surface area contributed by atoms with Gasteiger partial charge in [0.05, 0.1) is 5.54 Å². The summed E-state index contributed by atoms with van der Waals surface area (Å²) in [5.74, 6) is 0. The lowest BCUT2D eigenvalue weighted by Gasteiger charge is -2.09. The Kier molecular flexibility index (Phi) is 3.13. The van der Waals surface area contributed by atoms with Crippen molar-refractivity contribution in [3.05, 3.63) is 0 Å². The molecule has 9 heavy (non-hydrogen) atoms. The maximum atomic E-state index is 4.17. The van der Waals surface area contributed by atoms with Crippen LogP contribution in [-0.2, 0) is 0 Å². The molecule has 0 unspecified atom stereocenters. The normalized spacial score (nSPS) is 13.8. The van der Waals surface area contributed by atoms with E-state index < -0.39 is 0 Å². The summed E-state index contributed by atoms with van der Waals surface area (Å²) in [6.07, 6.45) is 3.41. The van der Waals surface area contributed by atoms with Crippen LogP contribution in [0.4, 0.5) is 0 Å². The highest BCUT2D eigenvalue weighted by Crippen LogP contribution is 2.03. The van der Waals surface area contributed by atoms with Gasteiger partial charge in [0.2, 0.25) is 0 Å². The average Bonchev–Trinajstić information content (AvgIpc) is 1.63. The standard InChI is InChI=1S/C7H14N2/c1-7(2,3)9-6-5-8-4/h5-6H,1-4H3/b8-5+,9-6+. The quantitative estimate of drug-likeness (QED) is 0.476. The van der Waals surface area contributed by atoms with E-state index in [2.05, 4.69) is 9.98 Å². The van der Waals surface area contributed by atoms with Crippen molar-refractivity contribution in [3.63, 3.8) is 0 Å². The summed E-state index contributed by atoms with van der Waals surface area (Å²) in [6, 6.07) is 0. The van der Waals surface area contributed by atoms with E-state index in [-0.39, 0.29) is 5.54 Å². The summed E-state index contributed by atoms with van der Waals surface area (Å²) in [7, 11) is 1.73. The Morgan fingerprint density at radius 2 is 1.67 bits per heavy atom. The predicted octanol–water partition coefficient (Wildman–Crippen LogP) is 1.56. The van der Waals surface area contributed by atoms with Crippen LogP contribution < -0.4 is 0 Å². The van der Waals surface area contributed by atoms with Crippen molar-refractivity contribution in [1.82, 2.24) is 0 Å². The van der Waals surface area contributed by atoms with E-state index in [4.69, 9.17) is 0 Å². The van der Waals surface area contributed by atoms with E-state index in [1.165, 1.54) is 0 Å². The third kappa shape index (κ3) is 7.34. The molecule has 52 valence electrons. The van der Waals surface area contributed by atoms with Crippen molar-refractivity contribution in [2.45, 2.75) is 26.3 Å². The monoisotopic (exact) mass is 126 g/mol. The van der Waals surface area contributed by atoms with Gasteiger partial charge in [-0.2, -0.15) is 0 Å². The van der Waals surface area contributed by atoms with Gasteiger partial charge in [-0.1, -0.05) is 0 Å². The molecule has 0 aliphatic heterocycles. The third-order valence-electron chi connectivity index (χ3n) is 0.678. The summed E-state index contributed by atoms with van der Waals surface area (Å²) in [5, 5.41) is 0. The lowest BCUT2D eigenvalue weighted by molar-refractivity contribution is 0.587. The summed E-state index contributed by atoms with van der Waals surface area (Å²) in [4.78, 5) is 7.94. The van der Waals surface area contributed by atoms with Gasteiger partial charge < -0.3 is 0 Å². The van der Waals surface area contributed by atoms with E-state index in [0.29, 0.717) is 0 Å². The lowest BCUT2D eigenvalue weighted by atomic mass is 10.1. The Bertz CT molecular complexity index is 117. The van der Waals surface area contributed by atoms with E-state index in [0.717, 1.165) is 0 Å². The topological polar surface area (TPSA) is 24.7 Å². The average molecular weight is 126 g/mol. The molecule has 0 bridgehead atoms. The summed E-state index contributed by atoms with van der Waals surface area (Å²) in [6.45, 7) is 6.15. The molecule has 0 spiro atoms. The van der Waals surface area contributed by atoms with Gasteiger partial charge in [0.15, 0.2) is 0 Å². The Morgan fingerprint density at radius 1 is 1.11 bits per heavy atom. The van der Waals surface area contributed by atoms with Crippen LogP contribution in [0.2, 0.25) is 0 Å². The zero-order valence-electron chi connectivity index (χ0n) is 6.55. The number of hydrogen-bond donors (Lipinski definition) is 0. The Hall–Kier alpha value is -0.660. The molecule has 0 aromatic rings. The second kappa shape index (κ2) is 3.38. The molecule has 0 rings (SSSR count). The molecule has 0 radical (unpaired) electrons. The fourth-order valence-corrected chi connectivity index (χ4v) is 0.324. The van der Waals surface area contributed by atoms with E-state index in [9.17, 15) is 0 Å². The van der Waals surface area contributed by atoms with Crippen molar-refractivity contribution in [1.29, 1.82) is 0 Å². The van der Waals surface area contributed by atoms with Crippen LogP contribution in [0, 0.1) is 0 Å². The van der Waals surface area contributed by atoms with Crippen LogP contribution in [0.1, 0.15) is 20.8 Å². The molecular weight excluding hydrogens is 112 g/mol. The SMILES string of the molecule is C/N=C/C=N/C(C)(C)C. The molecular formula is C7H14N2. The lowest BCUT2D eigenvalue weighted by Crippen LogP contribution is -2.09. The van der Waals surface area contributed by atoms with Crippen LogP contribution >= 0.6 is 0 Å². The smallest absolute Gasteiger partial charge is 0.0524 e. The first-order valence-electron chi connectivity index (χ1n) is 3.02. The maximum Gasteiger partial charge on any atom is 0.0524 e. The molecule has 0 N–H and O–H groups in total. The number of rotatable bonds is 1. The summed E-state index contributed by atoms with van der Waals surface area (Å²) in [5.41, 5.74) is 0.0290. The first-order chi connectivity index (χ1) is 4.06.